The number of pyridine rings is 1. The Bertz CT molecular complexity index is 273. The molecule has 0 saturated carbocycles. The average Bonchev–Trinajstić information content (AvgIpc) is 2.06. The van der Waals surface area contributed by atoms with Crippen LogP contribution in [0.15, 0.2) is 18.3 Å². The van der Waals surface area contributed by atoms with Gasteiger partial charge in [0, 0.05) is 19.7 Å². The lowest BCUT2D eigenvalue weighted by atomic mass is 10.2. The zero-order valence-corrected chi connectivity index (χ0v) is 6.46. The van der Waals surface area contributed by atoms with Crippen molar-refractivity contribution in [3.63, 3.8) is 0 Å². The molecule has 0 aliphatic heterocycles. The highest BCUT2D eigenvalue weighted by Crippen LogP contribution is 2.05. The second-order valence-electron chi connectivity index (χ2n) is 2.18. The number of hydrogen-bond acceptors (Lipinski definition) is 2. The van der Waals surface area contributed by atoms with E-state index in [1.54, 1.807) is 6.20 Å². The fraction of sp³-hybridized carbons (Fsp3) is 0.222. The van der Waals surface area contributed by atoms with Gasteiger partial charge in [0.15, 0.2) is 0 Å². The van der Waals surface area contributed by atoms with Crippen molar-refractivity contribution in [2.24, 2.45) is 0 Å². The van der Waals surface area contributed by atoms with Gasteiger partial charge in [-0.15, -0.1) is 12.3 Å². The van der Waals surface area contributed by atoms with E-state index in [1.807, 2.05) is 19.2 Å². The maximum absolute atomic E-state index is 5.16. The zero-order chi connectivity index (χ0) is 8.10. The van der Waals surface area contributed by atoms with Gasteiger partial charge in [0.2, 0.25) is 0 Å². The van der Waals surface area contributed by atoms with Crippen molar-refractivity contribution in [2.45, 2.75) is 6.42 Å². The molecule has 1 aromatic rings. The van der Waals surface area contributed by atoms with Crippen LogP contribution >= 0.6 is 0 Å². The summed E-state index contributed by atoms with van der Waals surface area (Å²) in [6.07, 6.45) is 7.57. The van der Waals surface area contributed by atoms with Gasteiger partial charge in [0.05, 0.1) is 0 Å². The fourth-order valence-electron chi connectivity index (χ4n) is 0.839. The van der Waals surface area contributed by atoms with Crippen molar-refractivity contribution in [1.29, 1.82) is 0 Å². The molecule has 2 heteroatoms. The van der Waals surface area contributed by atoms with E-state index in [0.29, 0.717) is 6.42 Å². The van der Waals surface area contributed by atoms with Gasteiger partial charge in [-0.05, 0) is 17.7 Å². The van der Waals surface area contributed by atoms with Gasteiger partial charge < -0.3 is 5.32 Å². The largest absolute Gasteiger partial charge is 0.373 e. The third-order valence-electron chi connectivity index (χ3n) is 1.39. The highest BCUT2D eigenvalue weighted by atomic mass is 14.9. The Morgan fingerprint density at radius 2 is 2.55 bits per heavy atom. The molecule has 0 spiro atoms. The Kier molecular flexibility index (Phi) is 2.51. The molecule has 0 amide bonds. The number of anilines is 1. The van der Waals surface area contributed by atoms with Crippen LogP contribution in [-0.4, -0.2) is 12.0 Å². The summed E-state index contributed by atoms with van der Waals surface area (Å²) < 4.78 is 0. The highest BCUT2D eigenvalue weighted by Gasteiger charge is 1.91. The molecule has 1 N–H and O–H groups in total. The highest BCUT2D eigenvalue weighted by molar-refractivity contribution is 5.37. The summed E-state index contributed by atoms with van der Waals surface area (Å²) in [5.74, 6) is 3.44. The van der Waals surface area contributed by atoms with Crippen LogP contribution in [0.3, 0.4) is 0 Å². The number of nitrogens with zero attached hydrogens (tertiary/aromatic N) is 1. The molecule has 0 radical (unpaired) electrons. The first-order valence-corrected chi connectivity index (χ1v) is 3.43. The minimum Gasteiger partial charge on any atom is -0.373 e. The van der Waals surface area contributed by atoms with Crippen LogP contribution in [0.2, 0.25) is 0 Å². The molecule has 0 bridgehead atoms. The van der Waals surface area contributed by atoms with Crippen molar-refractivity contribution in [1.82, 2.24) is 4.98 Å². The third-order valence-corrected chi connectivity index (χ3v) is 1.39. The Labute approximate surface area is 66.7 Å². The molecule has 0 atom stereocenters. The van der Waals surface area contributed by atoms with Crippen molar-refractivity contribution >= 4 is 5.82 Å². The maximum Gasteiger partial charge on any atom is 0.125 e. The average molecular weight is 146 g/mol. The Morgan fingerprint density at radius 3 is 3.18 bits per heavy atom. The first-order valence-electron chi connectivity index (χ1n) is 3.43. The molecule has 0 saturated heterocycles. The van der Waals surface area contributed by atoms with Gasteiger partial charge in [-0.1, -0.05) is 0 Å². The van der Waals surface area contributed by atoms with Crippen molar-refractivity contribution in [2.75, 3.05) is 12.4 Å². The maximum atomic E-state index is 5.16. The van der Waals surface area contributed by atoms with Crippen LogP contribution in [0.5, 0.6) is 0 Å². The molecule has 2 nitrogen and oxygen atoms in total. The topological polar surface area (TPSA) is 24.9 Å². The second kappa shape index (κ2) is 3.62. The van der Waals surface area contributed by atoms with Crippen LogP contribution in [0, 0.1) is 12.3 Å². The van der Waals surface area contributed by atoms with Crippen LogP contribution in [0.4, 0.5) is 5.82 Å². The van der Waals surface area contributed by atoms with Crippen LogP contribution in [0.1, 0.15) is 5.56 Å². The van der Waals surface area contributed by atoms with Gasteiger partial charge in [-0.25, -0.2) is 4.98 Å². The normalized spacial score (nSPS) is 8.73. The van der Waals surface area contributed by atoms with Gasteiger partial charge in [-0.3, -0.25) is 0 Å². The molecule has 0 aliphatic carbocycles. The predicted octanol–water partition coefficient (Wildman–Crippen LogP) is 1.30. The zero-order valence-electron chi connectivity index (χ0n) is 6.46. The first-order chi connectivity index (χ1) is 5.36. The molecule has 1 aromatic heterocycles. The van der Waals surface area contributed by atoms with E-state index in [1.165, 1.54) is 0 Å². The van der Waals surface area contributed by atoms with Gasteiger partial charge in [0.25, 0.3) is 0 Å². The van der Waals surface area contributed by atoms with E-state index in [4.69, 9.17) is 6.42 Å². The number of nitrogens with one attached hydrogen (secondary N) is 1. The minimum absolute atomic E-state index is 0.664. The molecule has 0 aliphatic rings. The lowest BCUT2D eigenvalue weighted by molar-refractivity contribution is 1.22. The van der Waals surface area contributed by atoms with E-state index >= 15 is 0 Å². The number of aromatic nitrogens is 1. The molecule has 1 rings (SSSR count). The fourth-order valence-corrected chi connectivity index (χ4v) is 0.839. The number of rotatable bonds is 2. The summed E-state index contributed by atoms with van der Waals surface area (Å²) in [6.45, 7) is 0. The lowest BCUT2D eigenvalue weighted by Gasteiger charge is -1.99. The van der Waals surface area contributed by atoms with Crippen molar-refractivity contribution in [3.8, 4) is 12.3 Å². The summed E-state index contributed by atoms with van der Waals surface area (Å²) in [5, 5.41) is 2.95. The van der Waals surface area contributed by atoms with Crippen LogP contribution < -0.4 is 5.32 Å². The quantitative estimate of drug-likeness (QED) is 0.636. The number of terminal acetylenes is 1. The van der Waals surface area contributed by atoms with Crippen molar-refractivity contribution in [3.05, 3.63) is 23.9 Å². The van der Waals surface area contributed by atoms with Crippen molar-refractivity contribution < 1.29 is 0 Å². The predicted molar refractivity (Wildman–Crippen MR) is 46.3 cm³/mol. The van der Waals surface area contributed by atoms with Gasteiger partial charge >= 0.3 is 0 Å². The summed E-state index contributed by atoms with van der Waals surface area (Å²) in [5.41, 5.74) is 1.12. The molecular weight excluding hydrogens is 136 g/mol. The summed E-state index contributed by atoms with van der Waals surface area (Å²) in [6, 6.07) is 3.86. The van der Waals surface area contributed by atoms with Crippen LogP contribution in [0.25, 0.3) is 0 Å². The molecule has 1 heterocycles. The first kappa shape index (κ1) is 7.62. The van der Waals surface area contributed by atoms with E-state index in [0.717, 1.165) is 11.4 Å². The smallest absolute Gasteiger partial charge is 0.125 e. The molecule has 0 aromatic carbocycles. The molecule has 0 fully saturated rings. The van der Waals surface area contributed by atoms with Gasteiger partial charge in [-0.2, -0.15) is 0 Å². The van der Waals surface area contributed by atoms with E-state index < -0.39 is 0 Å². The SMILES string of the molecule is C#CCc1ccnc(NC)c1. The van der Waals surface area contributed by atoms with Crippen LogP contribution in [-0.2, 0) is 6.42 Å². The monoisotopic (exact) mass is 146 g/mol. The number of hydrogen-bond donors (Lipinski definition) is 1. The molecule has 56 valence electrons. The van der Waals surface area contributed by atoms with E-state index in [9.17, 15) is 0 Å². The summed E-state index contributed by atoms with van der Waals surface area (Å²) >= 11 is 0. The Balaban J connectivity index is 2.84. The molecular formula is C9H10N2. The van der Waals surface area contributed by atoms with Gasteiger partial charge in [0.1, 0.15) is 5.82 Å². The standard InChI is InChI=1S/C9H10N2/c1-3-4-8-5-6-11-9(7-8)10-2/h1,5-7H,4H2,2H3,(H,10,11). The van der Waals surface area contributed by atoms with E-state index in [2.05, 4.69) is 16.2 Å². The minimum atomic E-state index is 0.664. The summed E-state index contributed by atoms with van der Waals surface area (Å²) in [7, 11) is 1.84. The van der Waals surface area contributed by atoms with E-state index in [-0.39, 0.29) is 0 Å². The summed E-state index contributed by atoms with van der Waals surface area (Å²) in [4.78, 5) is 4.06. The third kappa shape index (κ3) is 1.98. The second-order valence-corrected chi connectivity index (χ2v) is 2.18. The molecule has 0 unspecified atom stereocenters. The lowest BCUT2D eigenvalue weighted by Crippen LogP contribution is -1.92. The Morgan fingerprint density at radius 1 is 1.73 bits per heavy atom. The Hall–Kier alpha value is -1.49. The molecule has 11 heavy (non-hydrogen) atoms.